The highest BCUT2D eigenvalue weighted by Crippen LogP contribution is 2.17. The van der Waals surface area contributed by atoms with Gasteiger partial charge in [-0.05, 0) is 40.4 Å². The summed E-state index contributed by atoms with van der Waals surface area (Å²) in [6.07, 6.45) is 0.984. The lowest BCUT2D eigenvalue weighted by Crippen LogP contribution is -2.00. The number of nitrogens with zero attached hydrogens (tertiary/aromatic N) is 1. The number of hydrogen-bond acceptors (Lipinski definition) is 2. The Hall–Kier alpha value is -0.570. The van der Waals surface area contributed by atoms with Crippen LogP contribution in [-0.4, -0.2) is 4.98 Å². The van der Waals surface area contributed by atoms with Gasteiger partial charge in [-0.3, -0.25) is 0 Å². The van der Waals surface area contributed by atoms with E-state index in [4.69, 9.17) is 5.73 Å². The highest BCUT2D eigenvalue weighted by atomic mass is 79.9. The second-order valence-corrected chi connectivity index (χ2v) is 4.12. The van der Waals surface area contributed by atoms with Gasteiger partial charge in [0.25, 0.3) is 0 Å². The summed E-state index contributed by atoms with van der Waals surface area (Å²) < 4.78 is 0.870. The van der Waals surface area contributed by atoms with E-state index in [1.165, 1.54) is 0 Å². The van der Waals surface area contributed by atoms with Crippen molar-refractivity contribution in [3.63, 3.8) is 0 Å². The smallest absolute Gasteiger partial charge is 0.138 e. The van der Waals surface area contributed by atoms with Crippen molar-refractivity contribution in [3.05, 3.63) is 22.3 Å². The van der Waals surface area contributed by atoms with Crippen molar-refractivity contribution in [2.45, 2.75) is 20.3 Å². The third-order valence-electron chi connectivity index (χ3n) is 1.55. The molecular formula is C9H13BrN2. The quantitative estimate of drug-likeness (QED) is 0.846. The molecule has 12 heavy (non-hydrogen) atoms. The predicted molar refractivity (Wildman–Crippen MR) is 54.9 cm³/mol. The van der Waals surface area contributed by atoms with E-state index in [0.29, 0.717) is 11.7 Å². The van der Waals surface area contributed by atoms with Crippen molar-refractivity contribution in [2.24, 2.45) is 5.92 Å². The fraction of sp³-hybridized carbons (Fsp3) is 0.444. The molecule has 2 N–H and O–H groups in total. The third kappa shape index (κ3) is 2.48. The van der Waals surface area contributed by atoms with Gasteiger partial charge in [0, 0.05) is 5.69 Å². The van der Waals surface area contributed by atoms with Crippen LogP contribution < -0.4 is 5.73 Å². The van der Waals surface area contributed by atoms with Gasteiger partial charge in [-0.25, -0.2) is 4.98 Å². The molecule has 0 spiro atoms. The second kappa shape index (κ2) is 3.90. The van der Waals surface area contributed by atoms with Crippen molar-refractivity contribution in [1.82, 2.24) is 4.98 Å². The maximum atomic E-state index is 5.64. The van der Waals surface area contributed by atoms with Crippen LogP contribution in [0.15, 0.2) is 16.6 Å². The molecule has 0 aliphatic rings. The number of halogens is 1. The van der Waals surface area contributed by atoms with Gasteiger partial charge >= 0.3 is 0 Å². The number of rotatable bonds is 2. The van der Waals surface area contributed by atoms with Crippen LogP contribution in [0.2, 0.25) is 0 Å². The van der Waals surface area contributed by atoms with Crippen LogP contribution in [0.4, 0.5) is 5.82 Å². The summed E-state index contributed by atoms with van der Waals surface area (Å²) >= 11 is 3.31. The Labute approximate surface area is 81.3 Å². The lowest BCUT2D eigenvalue weighted by atomic mass is 10.1. The SMILES string of the molecule is CC(C)Cc1ccc(Br)c(N)n1. The molecule has 3 heteroatoms. The van der Waals surface area contributed by atoms with E-state index in [1.807, 2.05) is 12.1 Å². The molecule has 1 rings (SSSR count). The van der Waals surface area contributed by atoms with Crippen LogP contribution in [0.25, 0.3) is 0 Å². The Bertz CT molecular complexity index is 271. The van der Waals surface area contributed by atoms with Gasteiger partial charge in [0.05, 0.1) is 4.47 Å². The van der Waals surface area contributed by atoms with Crippen LogP contribution in [0.5, 0.6) is 0 Å². The van der Waals surface area contributed by atoms with E-state index in [-0.39, 0.29) is 0 Å². The number of hydrogen-bond donors (Lipinski definition) is 1. The molecule has 0 amide bonds. The summed E-state index contributed by atoms with van der Waals surface area (Å²) in [6, 6.07) is 3.94. The summed E-state index contributed by atoms with van der Waals surface area (Å²) in [5.74, 6) is 1.20. The number of nitrogen functional groups attached to an aromatic ring is 1. The molecule has 0 aliphatic heterocycles. The normalized spacial score (nSPS) is 10.7. The van der Waals surface area contributed by atoms with Crippen LogP contribution in [0.1, 0.15) is 19.5 Å². The van der Waals surface area contributed by atoms with Crippen molar-refractivity contribution in [3.8, 4) is 0 Å². The zero-order valence-electron chi connectivity index (χ0n) is 7.34. The number of aromatic nitrogens is 1. The molecule has 0 saturated heterocycles. The molecule has 1 aromatic rings. The first kappa shape index (κ1) is 9.52. The molecular weight excluding hydrogens is 216 g/mol. The maximum absolute atomic E-state index is 5.64. The minimum absolute atomic E-state index is 0.577. The first-order chi connectivity index (χ1) is 5.59. The molecule has 0 fully saturated rings. The minimum atomic E-state index is 0.577. The van der Waals surface area contributed by atoms with Crippen LogP contribution in [0.3, 0.4) is 0 Å². The molecule has 0 bridgehead atoms. The fourth-order valence-electron chi connectivity index (χ4n) is 1.03. The molecule has 1 heterocycles. The predicted octanol–water partition coefficient (Wildman–Crippen LogP) is 2.62. The van der Waals surface area contributed by atoms with E-state index < -0.39 is 0 Å². The fourth-order valence-corrected chi connectivity index (χ4v) is 1.25. The van der Waals surface area contributed by atoms with Crippen molar-refractivity contribution in [1.29, 1.82) is 0 Å². The van der Waals surface area contributed by atoms with Gasteiger partial charge in [-0.15, -0.1) is 0 Å². The second-order valence-electron chi connectivity index (χ2n) is 3.27. The highest BCUT2D eigenvalue weighted by Gasteiger charge is 2.01. The largest absolute Gasteiger partial charge is 0.383 e. The third-order valence-corrected chi connectivity index (χ3v) is 2.22. The van der Waals surface area contributed by atoms with Crippen molar-refractivity contribution in [2.75, 3.05) is 5.73 Å². The van der Waals surface area contributed by atoms with Crippen molar-refractivity contribution < 1.29 is 0 Å². The molecule has 1 aromatic heterocycles. The zero-order valence-corrected chi connectivity index (χ0v) is 8.93. The lowest BCUT2D eigenvalue weighted by Gasteiger charge is -2.05. The van der Waals surface area contributed by atoms with E-state index in [1.54, 1.807) is 0 Å². The van der Waals surface area contributed by atoms with Gasteiger partial charge in [0.2, 0.25) is 0 Å². The van der Waals surface area contributed by atoms with Crippen LogP contribution >= 0.6 is 15.9 Å². The molecule has 0 aliphatic carbocycles. The Kier molecular flexibility index (Phi) is 3.09. The zero-order chi connectivity index (χ0) is 9.14. The average molecular weight is 229 g/mol. The topological polar surface area (TPSA) is 38.9 Å². The van der Waals surface area contributed by atoms with Crippen molar-refractivity contribution >= 4 is 21.7 Å². The van der Waals surface area contributed by atoms with E-state index in [0.717, 1.165) is 16.6 Å². The lowest BCUT2D eigenvalue weighted by molar-refractivity contribution is 0.636. The monoisotopic (exact) mass is 228 g/mol. The van der Waals surface area contributed by atoms with Crippen LogP contribution in [0, 0.1) is 5.92 Å². The van der Waals surface area contributed by atoms with E-state index in [9.17, 15) is 0 Å². The number of pyridine rings is 1. The summed E-state index contributed by atoms with van der Waals surface area (Å²) in [4.78, 5) is 4.24. The first-order valence-electron chi connectivity index (χ1n) is 4.00. The molecule has 2 nitrogen and oxygen atoms in total. The maximum Gasteiger partial charge on any atom is 0.138 e. The van der Waals surface area contributed by atoms with Gasteiger partial charge in [0.1, 0.15) is 5.82 Å². The van der Waals surface area contributed by atoms with Gasteiger partial charge in [0.15, 0.2) is 0 Å². The molecule has 0 atom stereocenters. The van der Waals surface area contributed by atoms with Gasteiger partial charge in [-0.2, -0.15) is 0 Å². The van der Waals surface area contributed by atoms with Crippen LogP contribution in [-0.2, 0) is 6.42 Å². The average Bonchev–Trinajstić information content (AvgIpc) is 1.96. The standard InChI is InChI=1S/C9H13BrN2/c1-6(2)5-7-3-4-8(10)9(11)12-7/h3-4,6H,5H2,1-2H3,(H2,11,12). The Morgan fingerprint density at radius 3 is 2.67 bits per heavy atom. The molecule has 0 unspecified atom stereocenters. The summed E-state index contributed by atoms with van der Waals surface area (Å²) in [6.45, 7) is 4.33. The first-order valence-corrected chi connectivity index (χ1v) is 4.80. The summed E-state index contributed by atoms with van der Waals surface area (Å²) in [5, 5.41) is 0. The van der Waals surface area contributed by atoms with E-state index in [2.05, 4.69) is 34.8 Å². The highest BCUT2D eigenvalue weighted by molar-refractivity contribution is 9.10. The Morgan fingerprint density at radius 2 is 2.17 bits per heavy atom. The molecule has 0 saturated carbocycles. The Balaban J connectivity index is 2.82. The summed E-state index contributed by atoms with van der Waals surface area (Å²) in [7, 11) is 0. The molecule has 0 radical (unpaired) electrons. The Morgan fingerprint density at radius 1 is 1.50 bits per heavy atom. The van der Waals surface area contributed by atoms with E-state index >= 15 is 0 Å². The number of nitrogens with two attached hydrogens (primary N) is 1. The van der Waals surface area contributed by atoms with Gasteiger partial charge < -0.3 is 5.73 Å². The number of anilines is 1. The summed E-state index contributed by atoms with van der Waals surface area (Å²) in [5.41, 5.74) is 6.70. The molecule has 66 valence electrons. The molecule has 0 aromatic carbocycles. The minimum Gasteiger partial charge on any atom is -0.383 e. The van der Waals surface area contributed by atoms with Gasteiger partial charge in [-0.1, -0.05) is 13.8 Å².